The summed E-state index contributed by atoms with van der Waals surface area (Å²) in [6, 6.07) is 9.36. The highest BCUT2D eigenvalue weighted by Gasteiger charge is 2.27. The highest BCUT2D eigenvalue weighted by atomic mass is 16.6. The maximum Gasteiger partial charge on any atom is 0.284 e. The van der Waals surface area contributed by atoms with Crippen molar-refractivity contribution >= 4 is 12.1 Å². The number of carbonyl (C=O) groups excluding carboxylic acids is 1. The van der Waals surface area contributed by atoms with E-state index in [0.29, 0.717) is 11.5 Å². The monoisotopic (exact) mass is 383 g/mol. The van der Waals surface area contributed by atoms with Gasteiger partial charge in [0.15, 0.2) is 11.5 Å². The summed E-state index contributed by atoms with van der Waals surface area (Å²) in [5.41, 5.74) is 5.79. The molecule has 1 amide bonds. The molecule has 148 valence electrons. The number of nitrogens with one attached hydrogen (secondary N) is 1. The van der Waals surface area contributed by atoms with Gasteiger partial charge in [-0.3, -0.25) is 4.79 Å². The average Bonchev–Trinajstić information content (AvgIpc) is 3.31. The van der Waals surface area contributed by atoms with Crippen molar-refractivity contribution in [2.45, 2.75) is 45.4 Å². The van der Waals surface area contributed by atoms with Crippen LogP contribution in [0.1, 0.15) is 29.8 Å². The van der Waals surface area contributed by atoms with Crippen LogP contribution in [-0.4, -0.2) is 42.1 Å². The molecule has 0 saturated carbocycles. The van der Waals surface area contributed by atoms with Crippen molar-refractivity contribution in [2.75, 3.05) is 13.2 Å². The Hall–Kier alpha value is -2.80. The minimum absolute atomic E-state index is 0.161. The molecule has 0 radical (unpaired) electrons. The molecule has 0 unspecified atom stereocenters. The first kappa shape index (κ1) is 18.6. The van der Waals surface area contributed by atoms with E-state index in [1.807, 2.05) is 18.2 Å². The summed E-state index contributed by atoms with van der Waals surface area (Å²) < 4.78 is 19.2. The van der Waals surface area contributed by atoms with Crippen LogP contribution >= 0.6 is 0 Å². The van der Waals surface area contributed by atoms with Crippen molar-refractivity contribution in [3.8, 4) is 11.5 Å². The van der Waals surface area contributed by atoms with Gasteiger partial charge >= 0.3 is 0 Å². The smallest absolute Gasteiger partial charge is 0.284 e. The summed E-state index contributed by atoms with van der Waals surface area (Å²) >= 11 is 0. The SMILES string of the molecule is Cc1cc(/C=N\NC(=O)[C@@H]2COc3ccccc3O2)c(C)n1C[C@H]1CCCO1. The van der Waals surface area contributed by atoms with Gasteiger partial charge in [0.2, 0.25) is 6.10 Å². The Labute approximate surface area is 164 Å². The van der Waals surface area contributed by atoms with Crippen LogP contribution in [0.5, 0.6) is 11.5 Å². The van der Waals surface area contributed by atoms with Crippen LogP contribution in [0.3, 0.4) is 0 Å². The fourth-order valence-corrected chi connectivity index (χ4v) is 3.62. The Morgan fingerprint density at radius 3 is 2.93 bits per heavy atom. The molecule has 2 aliphatic heterocycles. The van der Waals surface area contributed by atoms with Gasteiger partial charge in [0.25, 0.3) is 5.91 Å². The Bertz CT molecular complexity index is 884. The van der Waals surface area contributed by atoms with Gasteiger partial charge in [-0.15, -0.1) is 0 Å². The zero-order valence-electron chi connectivity index (χ0n) is 16.2. The zero-order valence-corrected chi connectivity index (χ0v) is 16.2. The highest BCUT2D eigenvalue weighted by molar-refractivity contribution is 5.85. The second kappa shape index (κ2) is 8.06. The Morgan fingerprint density at radius 1 is 1.32 bits per heavy atom. The number of amides is 1. The van der Waals surface area contributed by atoms with Gasteiger partial charge in [0, 0.05) is 30.1 Å². The molecule has 7 nitrogen and oxygen atoms in total. The van der Waals surface area contributed by atoms with Gasteiger partial charge in [0.1, 0.15) is 6.61 Å². The first-order valence-electron chi connectivity index (χ1n) is 9.61. The van der Waals surface area contributed by atoms with E-state index in [1.54, 1.807) is 12.3 Å². The van der Waals surface area contributed by atoms with Crippen molar-refractivity contribution in [3.05, 3.63) is 47.3 Å². The molecule has 0 aliphatic carbocycles. The number of nitrogens with zero attached hydrogens (tertiary/aromatic N) is 2. The lowest BCUT2D eigenvalue weighted by atomic mass is 10.2. The van der Waals surface area contributed by atoms with Crippen LogP contribution in [-0.2, 0) is 16.1 Å². The third-order valence-corrected chi connectivity index (χ3v) is 5.20. The summed E-state index contributed by atoms with van der Waals surface area (Å²) in [6.07, 6.45) is 3.45. The molecule has 1 aromatic carbocycles. The molecule has 1 fully saturated rings. The first-order chi connectivity index (χ1) is 13.6. The molecular formula is C21H25N3O4. The second-order valence-corrected chi connectivity index (χ2v) is 7.17. The van der Waals surface area contributed by atoms with Gasteiger partial charge in [-0.1, -0.05) is 12.1 Å². The molecule has 2 atom stereocenters. The second-order valence-electron chi connectivity index (χ2n) is 7.17. The lowest BCUT2D eigenvalue weighted by Crippen LogP contribution is -2.42. The number of fused-ring (bicyclic) bond motifs is 1. The van der Waals surface area contributed by atoms with Crippen LogP contribution < -0.4 is 14.9 Å². The minimum Gasteiger partial charge on any atom is -0.485 e. The fourth-order valence-electron chi connectivity index (χ4n) is 3.62. The molecule has 3 heterocycles. The van der Waals surface area contributed by atoms with Gasteiger partial charge in [-0.05, 0) is 44.9 Å². The minimum atomic E-state index is -0.723. The summed E-state index contributed by atoms with van der Waals surface area (Å²) in [6.45, 7) is 5.99. The predicted octanol–water partition coefficient (Wildman–Crippen LogP) is 2.57. The number of benzene rings is 1. The van der Waals surface area contributed by atoms with E-state index in [1.165, 1.54) is 0 Å². The van der Waals surface area contributed by atoms with Crippen molar-refractivity contribution in [1.82, 2.24) is 9.99 Å². The number of hydrazone groups is 1. The number of ether oxygens (including phenoxy) is 3. The highest BCUT2D eigenvalue weighted by Crippen LogP contribution is 2.30. The number of para-hydroxylation sites is 2. The molecule has 1 saturated heterocycles. The summed E-state index contributed by atoms with van der Waals surface area (Å²) in [7, 11) is 0. The van der Waals surface area contributed by atoms with Crippen LogP contribution in [0, 0.1) is 13.8 Å². The normalized spacial score (nSPS) is 21.2. The topological polar surface area (TPSA) is 74.1 Å². The number of hydrogen-bond donors (Lipinski definition) is 1. The first-order valence-corrected chi connectivity index (χ1v) is 9.61. The lowest BCUT2D eigenvalue weighted by Gasteiger charge is -2.24. The Balaban J connectivity index is 1.36. The van der Waals surface area contributed by atoms with E-state index in [2.05, 4.69) is 35.0 Å². The standard InChI is InChI=1S/C21H25N3O4/c1-14-10-16(15(2)24(14)12-17-6-5-9-26-17)11-22-23-21(25)20-13-27-18-7-3-4-8-19(18)28-20/h3-4,7-8,10-11,17,20H,5-6,9,12-13H2,1-2H3,(H,23,25)/b22-11-/t17-,20+/m1/s1. The number of rotatable bonds is 5. The molecule has 2 aliphatic rings. The molecule has 2 aromatic rings. The fraction of sp³-hybridized carbons (Fsp3) is 0.429. The molecule has 0 bridgehead atoms. The Kier molecular flexibility index (Phi) is 5.34. The number of aromatic nitrogens is 1. The molecule has 4 rings (SSSR count). The van der Waals surface area contributed by atoms with Crippen molar-refractivity contribution in [3.63, 3.8) is 0 Å². The maximum absolute atomic E-state index is 12.3. The van der Waals surface area contributed by atoms with E-state index >= 15 is 0 Å². The van der Waals surface area contributed by atoms with Crippen LogP contribution in [0.15, 0.2) is 35.4 Å². The van der Waals surface area contributed by atoms with E-state index in [9.17, 15) is 4.79 Å². The van der Waals surface area contributed by atoms with E-state index in [-0.39, 0.29) is 18.6 Å². The summed E-state index contributed by atoms with van der Waals surface area (Å²) in [4.78, 5) is 12.3. The van der Waals surface area contributed by atoms with Gasteiger partial charge < -0.3 is 18.8 Å². The van der Waals surface area contributed by atoms with Crippen molar-refractivity contribution in [2.24, 2.45) is 5.10 Å². The quantitative estimate of drug-likeness (QED) is 0.636. The number of carbonyl (C=O) groups is 1. The van der Waals surface area contributed by atoms with Crippen molar-refractivity contribution < 1.29 is 19.0 Å². The number of aryl methyl sites for hydroxylation is 1. The van der Waals surface area contributed by atoms with Crippen LogP contribution in [0.4, 0.5) is 0 Å². The third-order valence-electron chi connectivity index (χ3n) is 5.20. The number of hydrogen-bond acceptors (Lipinski definition) is 5. The summed E-state index contributed by atoms with van der Waals surface area (Å²) in [5, 5.41) is 4.12. The average molecular weight is 383 g/mol. The van der Waals surface area contributed by atoms with Crippen LogP contribution in [0.25, 0.3) is 0 Å². The summed E-state index contributed by atoms with van der Waals surface area (Å²) in [5.74, 6) is 0.878. The molecule has 1 N–H and O–H groups in total. The third kappa shape index (κ3) is 3.89. The zero-order chi connectivity index (χ0) is 19.5. The maximum atomic E-state index is 12.3. The lowest BCUT2D eigenvalue weighted by molar-refractivity contribution is -0.130. The predicted molar refractivity (Wildman–Crippen MR) is 105 cm³/mol. The molecule has 7 heteroatoms. The largest absolute Gasteiger partial charge is 0.485 e. The van der Waals surface area contributed by atoms with Crippen molar-refractivity contribution in [1.29, 1.82) is 0 Å². The molecule has 28 heavy (non-hydrogen) atoms. The van der Waals surface area contributed by atoms with E-state index < -0.39 is 6.10 Å². The Morgan fingerprint density at radius 2 is 2.14 bits per heavy atom. The van der Waals surface area contributed by atoms with Gasteiger partial charge in [-0.25, -0.2) is 5.43 Å². The van der Waals surface area contributed by atoms with Gasteiger partial charge in [0.05, 0.1) is 12.3 Å². The molecular weight excluding hydrogens is 358 g/mol. The van der Waals surface area contributed by atoms with Crippen LogP contribution in [0.2, 0.25) is 0 Å². The van der Waals surface area contributed by atoms with Gasteiger partial charge in [-0.2, -0.15) is 5.10 Å². The molecule has 1 aromatic heterocycles. The molecule has 0 spiro atoms. The van der Waals surface area contributed by atoms with E-state index in [4.69, 9.17) is 14.2 Å². The van der Waals surface area contributed by atoms with E-state index in [0.717, 1.165) is 42.9 Å².